The first-order valence-corrected chi connectivity index (χ1v) is 2.14. The summed E-state index contributed by atoms with van der Waals surface area (Å²) < 4.78 is 0. The molecule has 0 unspecified atom stereocenters. The summed E-state index contributed by atoms with van der Waals surface area (Å²) in [6.07, 6.45) is 0. The maximum atomic E-state index is 10.1. The van der Waals surface area contributed by atoms with Gasteiger partial charge in [-0.3, -0.25) is 4.79 Å². The molecule has 0 saturated heterocycles. The average molecular weight is 119 g/mol. The Labute approximate surface area is 46.9 Å². The maximum Gasteiger partial charge on any atom is 0.251 e. The van der Waals surface area contributed by atoms with Crippen molar-refractivity contribution in [2.45, 2.75) is 12.5 Å². The summed E-state index contributed by atoms with van der Waals surface area (Å²) in [6, 6.07) is 0. The average Bonchev–Trinajstić information content (AvgIpc) is 1.67. The molecule has 4 heteroatoms. The molecule has 0 fully saturated rings. The van der Waals surface area contributed by atoms with Crippen LogP contribution in [0.25, 0.3) is 0 Å². The molecule has 0 aromatic rings. The number of nitrogens with two attached hydrogens (primary N) is 1. The molecule has 0 radical (unpaired) electrons. The van der Waals surface area contributed by atoms with Crippen LogP contribution in [0, 0.1) is 0 Å². The van der Waals surface area contributed by atoms with Crippen molar-refractivity contribution in [2.24, 2.45) is 5.73 Å². The van der Waals surface area contributed by atoms with E-state index >= 15 is 0 Å². The zero-order valence-electron chi connectivity index (χ0n) is 4.59. The van der Waals surface area contributed by atoms with Crippen molar-refractivity contribution in [1.82, 2.24) is 0 Å². The number of hydrogen-bond acceptors (Lipinski definition) is 3. The molecule has 0 spiro atoms. The van der Waals surface area contributed by atoms with Gasteiger partial charge in [0.2, 0.25) is 0 Å². The van der Waals surface area contributed by atoms with Crippen LogP contribution in [0.4, 0.5) is 0 Å². The van der Waals surface area contributed by atoms with Crippen molar-refractivity contribution in [3.63, 3.8) is 0 Å². The molecule has 48 valence electrons. The molecule has 1 atom stereocenters. The van der Waals surface area contributed by atoms with Crippen LogP contribution in [0.2, 0.25) is 0 Å². The number of rotatable bonds is 2. The standard InChI is InChI=1S/C4H9NO3/c1-4(8,2-6)3(5)7/h6,8H,2H2,1H3,(H2,5,7)/t4-/m0/s1. The summed E-state index contributed by atoms with van der Waals surface area (Å²) in [5, 5.41) is 16.9. The third-order valence-electron chi connectivity index (χ3n) is 0.839. The van der Waals surface area contributed by atoms with Crippen molar-refractivity contribution in [2.75, 3.05) is 6.61 Å². The van der Waals surface area contributed by atoms with Crippen LogP contribution in [-0.4, -0.2) is 28.3 Å². The van der Waals surface area contributed by atoms with E-state index in [-0.39, 0.29) is 0 Å². The first-order valence-electron chi connectivity index (χ1n) is 2.14. The second-order valence-corrected chi connectivity index (χ2v) is 1.80. The van der Waals surface area contributed by atoms with E-state index in [0.717, 1.165) is 6.92 Å². The fourth-order valence-corrected chi connectivity index (χ4v) is 0.0779. The number of carbonyl (C=O) groups is 1. The molecular weight excluding hydrogens is 110 g/mol. The second-order valence-electron chi connectivity index (χ2n) is 1.80. The summed E-state index contributed by atoms with van der Waals surface area (Å²) in [5.41, 5.74) is 2.87. The van der Waals surface area contributed by atoms with Crippen LogP contribution < -0.4 is 5.73 Å². The lowest BCUT2D eigenvalue weighted by atomic mass is 10.1. The summed E-state index contributed by atoms with van der Waals surface area (Å²) in [4.78, 5) is 10.1. The monoisotopic (exact) mass is 119 g/mol. The summed E-state index contributed by atoms with van der Waals surface area (Å²) in [6.45, 7) is 0.512. The lowest BCUT2D eigenvalue weighted by molar-refractivity contribution is -0.138. The van der Waals surface area contributed by atoms with Crippen LogP contribution >= 0.6 is 0 Å². The fraction of sp³-hybridized carbons (Fsp3) is 0.750. The van der Waals surface area contributed by atoms with Gasteiger partial charge in [-0.1, -0.05) is 0 Å². The van der Waals surface area contributed by atoms with Crippen molar-refractivity contribution < 1.29 is 15.0 Å². The number of primary amides is 1. The van der Waals surface area contributed by atoms with Crippen molar-refractivity contribution >= 4 is 5.91 Å². The van der Waals surface area contributed by atoms with Crippen LogP contribution in [-0.2, 0) is 4.79 Å². The summed E-state index contributed by atoms with van der Waals surface area (Å²) in [7, 11) is 0. The Morgan fingerprint density at radius 1 is 1.88 bits per heavy atom. The Morgan fingerprint density at radius 2 is 2.25 bits per heavy atom. The minimum absolute atomic E-state index is 0.637. The van der Waals surface area contributed by atoms with Crippen molar-refractivity contribution in [1.29, 1.82) is 0 Å². The minimum atomic E-state index is -1.76. The van der Waals surface area contributed by atoms with Gasteiger partial charge in [0, 0.05) is 0 Å². The van der Waals surface area contributed by atoms with Crippen LogP contribution in [0.15, 0.2) is 0 Å². The maximum absolute atomic E-state index is 10.1. The largest absolute Gasteiger partial charge is 0.393 e. The fourth-order valence-electron chi connectivity index (χ4n) is 0.0779. The number of aliphatic hydroxyl groups is 2. The zero-order valence-corrected chi connectivity index (χ0v) is 4.59. The Morgan fingerprint density at radius 3 is 2.25 bits per heavy atom. The van der Waals surface area contributed by atoms with Gasteiger partial charge in [0.25, 0.3) is 5.91 Å². The highest BCUT2D eigenvalue weighted by Crippen LogP contribution is 1.97. The molecule has 0 bridgehead atoms. The summed E-state index contributed by atoms with van der Waals surface area (Å²) in [5.74, 6) is -0.917. The van der Waals surface area contributed by atoms with E-state index in [1.165, 1.54) is 0 Å². The van der Waals surface area contributed by atoms with E-state index in [2.05, 4.69) is 5.73 Å². The van der Waals surface area contributed by atoms with Crippen LogP contribution in [0.5, 0.6) is 0 Å². The predicted molar refractivity (Wildman–Crippen MR) is 26.9 cm³/mol. The Hall–Kier alpha value is -0.610. The van der Waals surface area contributed by atoms with Crippen molar-refractivity contribution in [3.8, 4) is 0 Å². The van der Waals surface area contributed by atoms with Crippen LogP contribution in [0.3, 0.4) is 0 Å². The van der Waals surface area contributed by atoms with Gasteiger partial charge >= 0.3 is 0 Å². The first kappa shape index (κ1) is 7.39. The zero-order chi connectivity index (χ0) is 6.78. The number of hydrogen-bond donors (Lipinski definition) is 3. The van der Waals surface area contributed by atoms with Gasteiger partial charge in [0.15, 0.2) is 5.60 Å². The number of amides is 1. The van der Waals surface area contributed by atoms with E-state index in [9.17, 15) is 4.79 Å². The van der Waals surface area contributed by atoms with Gasteiger partial charge < -0.3 is 15.9 Å². The van der Waals surface area contributed by atoms with Gasteiger partial charge in [-0.25, -0.2) is 0 Å². The molecule has 0 heterocycles. The summed E-state index contributed by atoms with van der Waals surface area (Å²) >= 11 is 0. The molecule has 0 aliphatic carbocycles. The molecule has 0 rings (SSSR count). The Bertz CT molecular complexity index is 99.5. The minimum Gasteiger partial charge on any atom is -0.393 e. The van der Waals surface area contributed by atoms with Gasteiger partial charge in [-0.15, -0.1) is 0 Å². The molecule has 4 nitrogen and oxygen atoms in total. The lowest BCUT2D eigenvalue weighted by Gasteiger charge is -2.13. The SMILES string of the molecule is C[C@](O)(CO)C(N)=O. The Kier molecular flexibility index (Phi) is 1.94. The highest BCUT2D eigenvalue weighted by molar-refractivity contribution is 5.82. The molecule has 0 aliphatic heterocycles. The Balaban J connectivity index is 3.91. The van der Waals surface area contributed by atoms with Crippen LogP contribution in [0.1, 0.15) is 6.92 Å². The normalized spacial score (nSPS) is 17.4. The third kappa shape index (κ3) is 1.48. The molecule has 0 aliphatic rings. The second kappa shape index (κ2) is 2.11. The molecule has 0 saturated carbocycles. The van der Waals surface area contributed by atoms with E-state index in [4.69, 9.17) is 10.2 Å². The van der Waals surface area contributed by atoms with Gasteiger partial charge in [0.05, 0.1) is 6.61 Å². The van der Waals surface area contributed by atoms with Gasteiger partial charge in [0.1, 0.15) is 0 Å². The molecular formula is C4H9NO3. The predicted octanol–water partition coefficient (Wildman–Crippen LogP) is -1.78. The topological polar surface area (TPSA) is 83.6 Å². The number of aliphatic hydroxyl groups excluding tert-OH is 1. The lowest BCUT2D eigenvalue weighted by Crippen LogP contribution is -2.43. The molecule has 4 N–H and O–H groups in total. The van der Waals surface area contributed by atoms with Gasteiger partial charge in [-0.05, 0) is 6.92 Å². The van der Waals surface area contributed by atoms with Gasteiger partial charge in [-0.2, -0.15) is 0 Å². The highest BCUT2D eigenvalue weighted by atomic mass is 16.3. The molecule has 8 heavy (non-hydrogen) atoms. The van der Waals surface area contributed by atoms with E-state index in [1.54, 1.807) is 0 Å². The highest BCUT2D eigenvalue weighted by Gasteiger charge is 2.25. The third-order valence-corrected chi connectivity index (χ3v) is 0.839. The molecule has 0 aromatic carbocycles. The number of carbonyl (C=O) groups excluding carboxylic acids is 1. The van der Waals surface area contributed by atoms with E-state index in [0.29, 0.717) is 0 Å². The first-order chi connectivity index (χ1) is 3.50. The molecule has 0 aromatic heterocycles. The smallest absolute Gasteiger partial charge is 0.251 e. The molecule has 1 amide bonds. The van der Waals surface area contributed by atoms with E-state index < -0.39 is 18.1 Å². The quantitative estimate of drug-likeness (QED) is 0.401. The van der Waals surface area contributed by atoms with E-state index in [1.807, 2.05) is 0 Å². The van der Waals surface area contributed by atoms with Crippen molar-refractivity contribution in [3.05, 3.63) is 0 Å².